The lowest BCUT2D eigenvalue weighted by atomic mass is 10.0. The molecular weight excluding hydrogens is 130 g/mol. The number of fused-ring (bicyclic) bond motifs is 1. The summed E-state index contributed by atoms with van der Waals surface area (Å²) in [6.07, 6.45) is 1.04. The van der Waals surface area contributed by atoms with E-state index >= 15 is 0 Å². The molecule has 10 heavy (non-hydrogen) atoms. The Morgan fingerprint density at radius 3 is 3.20 bits per heavy atom. The van der Waals surface area contributed by atoms with E-state index in [-0.39, 0.29) is 18.0 Å². The highest BCUT2D eigenvalue weighted by atomic mass is 16.6. The number of carbonyl (C=O) groups is 1. The van der Waals surface area contributed by atoms with Crippen LogP contribution in [0.25, 0.3) is 0 Å². The van der Waals surface area contributed by atoms with E-state index in [2.05, 4.69) is 5.32 Å². The predicted molar refractivity (Wildman–Crippen MR) is 35.5 cm³/mol. The lowest BCUT2D eigenvalue weighted by Gasteiger charge is -2.09. The molecular formula is C7H11NO2. The molecule has 0 aromatic carbocycles. The fraction of sp³-hybridized carbons (Fsp3) is 0.857. The number of ether oxygens (including phenoxy) is 1. The predicted octanol–water partition coefficient (Wildman–Crippen LogP) is -0.0902. The minimum Gasteiger partial charge on any atom is -0.461 e. The van der Waals surface area contributed by atoms with Crippen molar-refractivity contribution in [3.8, 4) is 0 Å². The molecule has 0 saturated carbocycles. The molecule has 2 aliphatic rings. The first-order valence-corrected chi connectivity index (χ1v) is 3.73. The molecule has 2 fully saturated rings. The van der Waals surface area contributed by atoms with Gasteiger partial charge in [-0.3, -0.25) is 4.79 Å². The van der Waals surface area contributed by atoms with Crippen LogP contribution in [0.4, 0.5) is 0 Å². The summed E-state index contributed by atoms with van der Waals surface area (Å²) < 4.78 is 5.03. The molecule has 3 atom stereocenters. The fourth-order valence-corrected chi connectivity index (χ4v) is 1.83. The first-order valence-electron chi connectivity index (χ1n) is 3.73. The summed E-state index contributed by atoms with van der Waals surface area (Å²) in [5.74, 6) is 0.137. The van der Waals surface area contributed by atoms with Crippen molar-refractivity contribution in [2.24, 2.45) is 5.92 Å². The van der Waals surface area contributed by atoms with Gasteiger partial charge in [0.2, 0.25) is 0 Å². The number of esters is 1. The van der Waals surface area contributed by atoms with Crippen LogP contribution in [0.15, 0.2) is 0 Å². The first-order chi connectivity index (χ1) is 4.79. The molecule has 0 radical (unpaired) electrons. The van der Waals surface area contributed by atoms with Crippen molar-refractivity contribution in [1.82, 2.24) is 5.32 Å². The largest absolute Gasteiger partial charge is 0.461 e. The Kier molecular flexibility index (Phi) is 1.20. The van der Waals surface area contributed by atoms with Crippen molar-refractivity contribution in [2.75, 3.05) is 6.54 Å². The van der Waals surface area contributed by atoms with Gasteiger partial charge in [0.05, 0.1) is 12.0 Å². The van der Waals surface area contributed by atoms with Crippen LogP contribution >= 0.6 is 0 Å². The first kappa shape index (κ1) is 6.16. The number of hydrogen-bond acceptors (Lipinski definition) is 3. The smallest absolute Gasteiger partial charge is 0.311 e. The molecule has 0 spiro atoms. The highest BCUT2D eigenvalue weighted by molar-refractivity contribution is 5.76. The molecule has 2 heterocycles. The summed E-state index contributed by atoms with van der Waals surface area (Å²) in [7, 11) is 0. The molecule has 2 saturated heterocycles. The third-order valence-corrected chi connectivity index (χ3v) is 2.38. The monoisotopic (exact) mass is 141 g/mol. The van der Waals surface area contributed by atoms with E-state index in [1.54, 1.807) is 0 Å². The molecule has 0 bridgehead atoms. The summed E-state index contributed by atoms with van der Waals surface area (Å²) >= 11 is 0. The van der Waals surface area contributed by atoms with Crippen molar-refractivity contribution in [1.29, 1.82) is 0 Å². The third kappa shape index (κ3) is 0.669. The van der Waals surface area contributed by atoms with Gasteiger partial charge in [-0.05, 0) is 19.9 Å². The Hall–Kier alpha value is -0.570. The van der Waals surface area contributed by atoms with Gasteiger partial charge in [-0.1, -0.05) is 0 Å². The minimum absolute atomic E-state index is 0.0116. The second-order valence-electron chi connectivity index (χ2n) is 3.02. The summed E-state index contributed by atoms with van der Waals surface area (Å²) in [6, 6.07) is 0.299. The standard InChI is InChI=1S/C7H11NO2/c1-4-6-5(2-3-8-6)7(9)10-4/h4-6,8H,2-3H2,1H3. The normalized spacial score (nSPS) is 45.3. The van der Waals surface area contributed by atoms with Crippen LogP contribution in [-0.2, 0) is 9.53 Å². The highest BCUT2D eigenvalue weighted by Crippen LogP contribution is 2.28. The van der Waals surface area contributed by atoms with Crippen LogP contribution < -0.4 is 5.32 Å². The van der Waals surface area contributed by atoms with Gasteiger partial charge < -0.3 is 10.1 Å². The van der Waals surface area contributed by atoms with E-state index in [0.29, 0.717) is 6.04 Å². The average Bonchev–Trinajstić information content (AvgIpc) is 2.39. The zero-order chi connectivity index (χ0) is 7.14. The SMILES string of the molecule is CC1OC(=O)C2CCNC12. The maximum Gasteiger partial charge on any atom is 0.311 e. The van der Waals surface area contributed by atoms with Crippen LogP contribution in [0.2, 0.25) is 0 Å². The lowest BCUT2D eigenvalue weighted by Crippen LogP contribution is -2.32. The van der Waals surface area contributed by atoms with Gasteiger partial charge in [-0.15, -0.1) is 0 Å². The summed E-state index contributed by atoms with van der Waals surface area (Å²) in [5, 5.41) is 3.25. The van der Waals surface area contributed by atoms with Gasteiger partial charge in [0.15, 0.2) is 0 Å². The number of carbonyl (C=O) groups excluding carboxylic acids is 1. The molecule has 3 heteroatoms. The number of hydrogen-bond donors (Lipinski definition) is 1. The zero-order valence-corrected chi connectivity index (χ0v) is 5.96. The quantitative estimate of drug-likeness (QED) is 0.479. The molecule has 2 aliphatic heterocycles. The van der Waals surface area contributed by atoms with E-state index in [1.165, 1.54) is 0 Å². The van der Waals surface area contributed by atoms with Crippen LogP contribution in [0, 0.1) is 5.92 Å². The van der Waals surface area contributed by atoms with Crippen molar-refractivity contribution in [3.63, 3.8) is 0 Å². The Bertz CT molecular complexity index is 169. The number of nitrogens with one attached hydrogen (secondary N) is 1. The molecule has 0 amide bonds. The van der Waals surface area contributed by atoms with E-state index in [9.17, 15) is 4.79 Å². The molecule has 0 aromatic heterocycles. The van der Waals surface area contributed by atoms with Crippen molar-refractivity contribution in [3.05, 3.63) is 0 Å². The second-order valence-corrected chi connectivity index (χ2v) is 3.02. The summed E-state index contributed by atoms with van der Waals surface area (Å²) in [4.78, 5) is 11.0. The molecule has 0 aliphatic carbocycles. The van der Waals surface area contributed by atoms with E-state index in [4.69, 9.17) is 4.74 Å². The van der Waals surface area contributed by atoms with Gasteiger partial charge >= 0.3 is 5.97 Å². The van der Waals surface area contributed by atoms with Crippen LogP contribution in [0.3, 0.4) is 0 Å². The minimum atomic E-state index is -0.0116. The molecule has 1 N–H and O–H groups in total. The molecule has 2 rings (SSSR count). The van der Waals surface area contributed by atoms with Crippen molar-refractivity contribution < 1.29 is 9.53 Å². The van der Waals surface area contributed by atoms with E-state index in [1.807, 2.05) is 6.92 Å². The Labute approximate surface area is 59.7 Å². The van der Waals surface area contributed by atoms with Crippen LogP contribution in [0.1, 0.15) is 13.3 Å². The number of rotatable bonds is 0. The van der Waals surface area contributed by atoms with Crippen LogP contribution in [-0.4, -0.2) is 24.7 Å². The summed E-state index contributed by atoms with van der Waals surface area (Å²) in [5.41, 5.74) is 0. The molecule has 56 valence electrons. The maximum atomic E-state index is 11.0. The maximum absolute atomic E-state index is 11.0. The molecule has 3 nitrogen and oxygen atoms in total. The van der Waals surface area contributed by atoms with Gasteiger partial charge in [-0.2, -0.15) is 0 Å². The van der Waals surface area contributed by atoms with E-state index in [0.717, 1.165) is 13.0 Å². The molecule has 0 aromatic rings. The average molecular weight is 141 g/mol. The third-order valence-electron chi connectivity index (χ3n) is 2.38. The van der Waals surface area contributed by atoms with Crippen molar-refractivity contribution >= 4 is 5.97 Å². The number of cyclic esters (lactones) is 1. The Balaban J connectivity index is 2.19. The lowest BCUT2D eigenvalue weighted by molar-refractivity contribution is -0.143. The fourth-order valence-electron chi connectivity index (χ4n) is 1.83. The van der Waals surface area contributed by atoms with Crippen molar-refractivity contribution in [2.45, 2.75) is 25.5 Å². The topological polar surface area (TPSA) is 38.3 Å². The van der Waals surface area contributed by atoms with E-state index < -0.39 is 0 Å². The van der Waals surface area contributed by atoms with Gasteiger partial charge in [0, 0.05) is 0 Å². The van der Waals surface area contributed by atoms with Gasteiger partial charge in [-0.25, -0.2) is 0 Å². The Morgan fingerprint density at radius 1 is 1.70 bits per heavy atom. The zero-order valence-electron chi connectivity index (χ0n) is 5.96. The second kappa shape index (κ2) is 1.95. The summed E-state index contributed by atoms with van der Waals surface area (Å²) in [6.45, 7) is 2.91. The van der Waals surface area contributed by atoms with Gasteiger partial charge in [0.1, 0.15) is 6.10 Å². The molecule has 3 unspecified atom stereocenters. The highest BCUT2D eigenvalue weighted by Gasteiger charge is 2.44. The van der Waals surface area contributed by atoms with Gasteiger partial charge in [0.25, 0.3) is 0 Å². The van der Waals surface area contributed by atoms with Crippen LogP contribution in [0.5, 0.6) is 0 Å². The Morgan fingerprint density at radius 2 is 2.50 bits per heavy atom.